The minimum Gasteiger partial charge on any atom is -0.395 e. The van der Waals surface area contributed by atoms with Crippen molar-refractivity contribution >= 4 is 69.1 Å². The number of fused-ring (bicyclic) bond motifs is 2. The van der Waals surface area contributed by atoms with Crippen molar-refractivity contribution in [2.45, 2.75) is 60.3 Å². The van der Waals surface area contributed by atoms with E-state index in [1.54, 1.807) is 34.4 Å². The lowest BCUT2D eigenvalue weighted by Gasteiger charge is -2.37. The number of carbonyl (C=O) groups excluding carboxylic acids is 4. The maximum atomic E-state index is 13.8. The van der Waals surface area contributed by atoms with Gasteiger partial charge in [-0.2, -0.15) is 10.2 Å². The number of hydrogen-bond donors (Lipinski definition) is 6. The van der Waals surface area contributed by atoms with Gasteiger partial charge < -0.3 is 36.7 Å². The number of imidazole rings is 2. The highest BCUT2D eigenvalue weighted by Crippen LogP contribution is 2.37. The molecule has 2 fully saturated rings. The van der Waals surface area contributed by atoms with Gasteiger partial charge in [0.05, 0.1) is 52.6 Å². The Hall–Kier alpha value is -7.13. The van der Waals surface area contributed by atoms with E-state index in [0.29, 0.717) is 64.6 Å². The number of ether oxygens (including phenoxy) is 1. The van der Waals surface area contributed by atoms with E-state index in [0.717, 1.165) is 39.3 Å². The topological polar surface area (TPSA) is 279 Å². The van der Waals surface area contributed by atoms with Crippen molar-refractivity contribution in [3.8, 4) is 0 Å². The summed E-state index contributed by atoms with van der Waals surface area (Å²) in [7, 11) is 0. The molecule has 4 amide bonds. The number of aromatic nitrogens is 9. The number of nitrogens with two attached hydrogens (primary N) is 3. The number of aryl methyl sites for hydroxylation is 4. The molecule has 0 bridgehead atoms. The molecular weight excluding hydrogens is 797 g/mol. The van der Waals surface area contributed by atoms with Crippen LogP contribution in [0.25, 0.3) is 22.2 Å². The molecule has 1 aromatic carbocycles. The summed E-state index contributed by atoms with van der Waals surface area (Å²) in [6.45, 7) is 13.4. The fourth-order valence-corrected chi connectivity index (χ4v) is 8.15. The molecule has 2 saturated heterocycles. The fraction of sp³-hybridized carbons (Fsp3) is 0.390. The van der Waals surface area contributed by atoms with Gasteiger partial charge in [-0.15, -0.1) is 0 Å². The Bertz CT molecular complexity index is 2770. The van der Waals surface area contributed by atoms with Crippen molar-refractivity contribution in [2.24, 2.45) is 16.9 Å². The number of nitrogens with one attached hydrogen (secondary N) is 3. The number of likely N-dealkylation sites (tertiary alicyclic amines) is 1. The molecule has 21 heteroatoms. The Kier molecular flexibility index (Phi) is 11.2. The number of primary amides is 2. The first-order valence-corrected chi connectivity index (χ1v) is 20.5. The van der Waals surface area contributed by atoms with Crippen LogP contribution >= 0.6 is 0 Å². The lowest BCUT2D eigenvalue weighted by atomic mass is 9.85. The number of allylic oxidation sites excluding steroid dienone is 2. The fourth-order valence-electron chi connectivity index (χ4n) is 8.15. The van der Waals surface area contributed by atoms with Crippen LogP contribution < -0.4 is 33.2 Å². The first kappa shape index (κ1) is 41.6. The monoisotopic (exact) mass is 846 g/mol. The average Bonchev–Trinajstić information content (AvgIpc) is 4.05. The van der Waals surface area contributed by atoms with Crippen LogP contribution in [0.3, 0.4) is 0 Å². The predicted octanol–water partition coefficient (Wildman–Crippen LogP) is 2.51. The van der Waals surface area contributed by atoms with Gasteiger partial charge in [-0.1, -0.05) is 12.2 Å². The number of anilines is 4. The van der Waals surface area contributed by atoms with Crippen LogP contribution in [0.1, 0.15) is 73.3 Å². The van der Waals surface area contributed by atoms with Crippen LogP contribution in [0.2, 0.25) is 0 Å². The summed E-state index contributed by atoms with van der Waals surface area (Å²) in [6.07, 6.45) is 6.16. The van der Waals surface area contributed by atoms with E-state index in [4.69, 9.17) is 26.9 Å². The molecule has 62 heavy (non-hydrogen) atoms. The summed E-state index contributed by atoms with van der Waals surface area (Å²) in [6, 6.07) is 6.53. The number of nitrogens with zero attached hydrogens (tertiary/aromatic N) is 10. The second kappa shape index (κ2) is 16.7. The molecule has 2 aliphatic rings. The van der Waals surface area contributed by atoms with E-state index in [1.165, 1.54) is 16.9 Å². The van der Waals surface area contributed by atoms with Crippen molar-refractivity contribution in [1.82, 2.24) is 48.5 Å². The summed E-state index contributed by atoms with van der Waals surface area (Å²) in [5.41, 5.74) is 22.7. The van der Waals surface area contributed by atoms with Crippen LogP contribution in [-0.4, -0.2) is 112 Å². The summed E-state index contributed by atoms with van der Waals surface area (Å²) in [4.78, 5) is 68.5. The Labute approximate surface area is 355 Å². The first-order valence-electron chi connectivity index (χ1n) is 20.5. The largest absolute Gasteiger partial charge is 0.395 e. The molecule has 0 aliphatic carbocycles. The van der Waals surface area contributed by atoms with Crippen LogP contribution in [0.4, 0.5) is 23.3 Å². The van der Waals surface area contributed by atoms with Crippen LogP contribution in [0.15, 0.2) is 42.6 Å². The van der Waals surface area contributed by atoms with Crippen molar-refractivity contribution in [3.63, 3.8) is 0 Å². The molecule has 8 rings (SSSR count). The van der Waals surface area contributed by atoms with E-state index < -0.39 is 23.6 Å². The SMILES string of the molecule is CCn1nc(C)cc1C(=O)Nc1nc2cc(C(N)=O)cc(NCCN3CCC4(COC4)C3)c2n1C/C=C/Cn1c(NC(=O)c2c(N)c(C)nn2CC)nc2cc(C(N)=O)cnc21. The number of pyridine rings is 1. The Morgan fingerprint density at radius 2 is 1.53 bits per heavy atom. The zero-order valence-corrected chi connectivity index (χ0v) is 35.1. The molecule has 324 valence electrons. The van der Waals surface area contributed by atoms with Gasteiger partial charge >= 0.3 is 0 Å². The van der Waals surface area contributed by atoms with E-state index in [1.807, 2.05) is 37.5 Å². The molecule has 0 saturated carbocycles. The highest BCUT2D eigenvalue weighted by Gasteiger charge is 2.44. The number of nitrogen functional groups attached to an aromatic ring is 1. The zero-order chi connectivity index (χ0) is 43.9. The maximum absolute atomic E-state index is 13.8. The summed E-state index contributed by atoms with van der Waals surface area (Å²) in [5.74, 6) is -1.85. The molecule has 2 aliphatic heterocycles. The van der Waals surface area contributed by atoms with Crippen molar-refractivity contribution in [3.05, 3.63) is 76.5 Å². The van der Waals surface area contributed by atoms with E-state index in [9.17, 15) is 19.2 Å². The van der Waals surface area contributed by atoms with Crippen LogP contribution in [0.5, 0.6) is 0 Å². The summed E-state index contributed by atoms with van der Waals surface area (Å²) >= 11 is 0. The first-order chi connectivity index (χ1) is 29.8. The molecule has 21 nitrogen and oxygen atoms in total. The van der Waals surface area contributed by atoms with E-state index >= 15 is 0 Å². The molecular formula is C41H50N16O5. The van der Waals surface area contributed by atoms with Gasteiger partial charge in [0.25, 0.3) is 11.8 Å². The molecule has 5 aromatic heterocycles. The van der Waals surface area contributed by atoms with Crippen molar-refractivity contribution < 1.29 is 23.9 Å². The van der Waals surface area contributed by atoms with Gasteiger partial charge in [0, 0.05) is 63.0 Å². The van der Waals surface area contributed by atoms with Gasteiger partial charge in [0.15, 0.2) is 5.65 Å². The second-order valence-corrected chi connectivity index (χ2v) is 15.8. The van der Waals surface area contributed by atoms with Gasteiger partial charge in [-0.05, 0) is 64.9 Å². The lowest BCUT2D eigenvalue weighted by molar-refractivity contribution is -0.104. The molecule has 1 spiro atoms. The average molecular weight is 847 g/mol. The van der Waals surface area contributed by atoms with Gasteiger partial charge in [0.2, 0.25) is 23.7 Å². The third kappa shape index (κ3) is 7.94. The zero-order valence-electron chi connectivity index (χ0n) is 35.1. The number of rotatable bonds is 16. The molecule has 7 heterocycles. The minimum atomic E-state index is -0.677. The Morgan fingerprint density at radius 1 is 0.855 bits per heavy atom. The van der Waals surface area contributed by atoms with Crippen LogP contribution in [0, 0.1) is 19.3 Å². The van der Waals surface area contributed by atoms with Gasteiger partial charge in [-0.3, -0.25) is 43.7 Å². The maximum Gasteiger partial charge on any atom is 0.278 e. The minimum absolute atomic E-state index is 0.146. The number of benzene rings is 1. The predicted molar refractivity (Wildman–Crippen MR) is 232 cm³/mol. The second-order valence-electron chi connectivity index (χ2n) is 15.8. The van der Waals surface area contributed by atoms with E-state index in [2.05, 4.69) is 41.0 Å². The van der Waals surface area contributed by atoms with Gasteiger partial charge in [-0.25, -0.2) is 15.0 Å². The molecule has 0 unspecified atom stereocenters. The van der Waals surface area contributed by atoms with Crippen LogP contribution in [-0.2, 0) is 30.9 Å². The Balaban J connectivity index is 1.13. The summed E-state index contributed by atoms with van der Waals surface area (Å²) in [5, 5.41) is 18.2. The van der Waals surface area contributed by atoms with Crippen molar-refractivity contribution in [1.29, 1.82) is 0 Å². The smallest absolute Gasteiger partial charge is 0.278 e. The molecule has 0 atom stereocenters. The normalized spacial score (nSPS) is 14.9. The molecule has 6 aromatic rings. The third-order valence-electron chi connectivity index (χ3n) is 11.4. The van der Waals surface area contributed by atoms with Gasteiger partial charge in [0.1, 0.15) is 16.9 Å². The quantitative estimate of drug-likeness (QED) is 0.0765. The standard InChI is InChI=1S/C41H50N16O5/c1-5-56-30(15-23(3)51-56)37(60)49-39-47-28-17-25(34(43)58)16-27(45-10-14-53-13-9-41(20-53)21-62-22-41)32(28)54(39)11-7-8-12-55-36-29(18-26(19-46-36)35(44)59)48-40(55)50-38(61)33-31(42)24(4)52-57(33)6-2/h7-8,15-19,45H,5-6,9-14,20-22,42H2,1-4H3,(H2,43,58)(H2,44,59)(H,47,49,60)(H,48,50,61)/b8-7+. The highest BCUT2D eigenvalue weighted by molar-refractivity contribution is 6.07. The number of hydrogen-bond acceptors (Lipinski definition) is 13. The molecule has 9 N–H and O–H groups in total. The van der Waals surface area contributed by atoms with E-state index in [-0.39, 0.29) is 52.9 Å². The summed E-state index contributed by atoms with van der Waals surface area (Å²) < 4.78 is 12.2. The van der Waals surface area contributed by atoms with Crippen molar-refractivity contribution in [2.75, 3.05) is 61.1 Å². The molecule has 0 radical (unpaired) electrons. The lowest BCUT2D eigenvalue weighted by Crippen LogP contribution is -2.45. The number of amides is 4. The highest BCUT2D eigenvalue weighted by atomic mass is 16.5. The Morgan fingerprint density at radius 3 is 2.21 bits per heavy atom. The number of carbonyl (C=O) groups is 4. The third-order valence-corrected chi connectivity index (χ3v) is 11.4.